The molecule has 3 aromatic heterocycles. The number of sulfone groups is 1. The van der Waals surface area contributed by atoms with Crippen molar-refractivity contribution in [1.29, 1.82) is 0 Å². The van der Waals surface area contributed by atoms with E-state index in [2.05, 4.69) is 15.4 Å². The van der Waals surface area contributed by atoms with E-state index in [1.54, 1.807) is 16.8 Å². The largest absolute Gasteiger partial charge is 0.364 e. The number of pyridine rings is 1. The molecule has 0 atom stereocenters. The van der Waals surface area contributed by atoms with Crippen molar-refractivity contribution in [2.24, 2.45) is 0 Å². The van der Waals surface area contributed by atoms with Crippen LogP contribution in [-0.4, -0.2) is 34.3 Å². The Labute approximate surface area is 191 Å². The number of hydrogen-bond donors (Lipinski definition) is 1. The third-order valence-electron chi connectivity index (χ3n) is 5.30. The summed E-state index contributed by atoms with van der Waals surface area (Å²) in [6.45, 7) is 0.577. The van der Waals surface area contributed by atoms with Crippen LogP contribution >= 0.6 is 0 Å². The van der Waals surface area contributed by atoms with Gasteiger partial charge in [0.1, 0.15) is 5.52 Å². The maximum Gasteiger partial charge on any atom is 0.183 e. The molecule has 8 heteroatoms. The molecule has 0 unspecified atom stereocenters. The minimum Gasteiger partial charge on any atom is -0.364 e. The summed E-state index contributed by atoms with van der Waals surface area (Å²) in [5.41, 5.74) is 4.54. The van der Waals surface area contributed by atoms with Gasteiger partial charge in [-0.3, -0.25) is 4.98 Å². The van der Waals surface area contributed by atoms with Gasteiger partial charge in [-0.05, 0) is 23.3 Å². The van der Waals surface area contributed by atoms with Gasteiger partial charge in [-0.25, -0.2) is 17.9 Å². The average molecular weight is 456 g/mol. The van der Waals surface area contributed by atoms with Crippen molar-refractivity contribution < 1.29 is 8.42 Å². The smallest absolute Gasteiger partial charge is 0.183 e. The Balaban J connectivity index is 1.65. The highest BCUT2D eigenvalue weighted by atomic mass is 32.2. The number of rotatable bonds is 6. The molecule has 5 aromatic rings. The average Bonchev–Trinajstić information content (AvgIpc) is 3.28. The molecule has 0 amide bonds. The monoisotopic (exact) mass is 455 g/mol. The Morgan fingerprint density at radius 1 is 0.909 bits per heavy atom. The van der Waals surface area contributed by atoms with Crippen LogP contribution in [0.1, 0.15) is 5.56 Å². The zero-order valence-electron chi connectivity index (χ0n) is 17.9. The van der Waals surface area contributed by atoms with E-state index in [4.69, 9.17) is 4.98 Å². The second-order valence-electron chi connectivity index (χ2n) is 7.69. The van der Waals surface area contributed by atoms with Gasteiger partial charge >= 0.3 is 0 Å². The van der Waals surface area contributed by atoms with Gasteiger partial charge in [-0.15, -0.1) is 5.10 Å². The maximum atomic E-state index is 12.0. The van der Waals surface area contributed by atoms with E-state index in [1.165, 1.54) is 6.20 Å². The Bertz CT molecular complexity index is 1530. The van der Waals surface area contributed by atoms with Crippen molar-refractivity contribution in [1.82, 2.24) is 19.6 Å². The number of anilines is 1. The van der Waals surface area contributed by atoms with Gasteiger partial charge in [0.15, 0.2) is 21.5 Å². The van der Waals surface area contributed by atoms with Crippen molar-refractivity contribution in [3.8, 4) is 22.5 Å². The van der Waals surface area contributed by atoms with E-state index in [9.17, 15) is 8.42 Å². The lowest BCUT2D eigenvalue weighted by atomic mass is 10.1. The molecule has 164 valence electrons. The summed E-state index contributed by atoms with van der Waals surface area (Å²) in [7, 11) is -3.40. The summed E-state index contributed by atoms with van der Waals surface area (Å²) in [5.74, 6) is 1.03. The van der Waals surface area contributed by atoms with Crippen LogP contribution in [0.15, 0.2) is 96.3 Å². The Kier molecular flexibility index (Phi) is 5.35. The molecule has 0 aliphatic carbocycles. The molecule has 3 heterocycles. The van der Waals surface area contributed by atoms with Crippen molar-refractivity contribution >= 4 is 21.2 Å². The van der Waals surface area contributed by atoms with Gasteiger partial charge < -0.3 is 5.32 Å². The van der Waals surface area contributed by atoms with E-state index >= 15 is 0 Å². The zero-order valence-corrected chi connectivity index (χ0v) is 18.7. The predicted octanol–water partition coefficient (Wildman–Crippen LogP) is 4.47. The fraction of sp³-hybridized carbons (Fsp3) is 0.0800. The number of hydrogen-bond acceptors (Lipinski definition) is 6. The fourth-order valence-electron chi connectivity index (χ4n) is 3.65. The van der Waals surface area contributed by atoms with Crippen LogP contribution in [0.2, 0.25) is 0 Å². The summed E-state index contributed by atoms with van der Waals surface area (Å²) >= 11 is 0. The minimum absolute atomic E-state index is 0.125. The van der Waals surface area contributed by atoms with E-state index in [0.29, 0.717) is 23.8 Å². The number of nitrogens with one attached hydrogen (secondary N) is 1. The molecule has 0 saturated heterocycles. The van der Waals surface area contributed by atoms with Crippen LogP contribution < -0.4 is 5.32 Å². The molecule has 0 radical (unpaired) electrons. The number of fused-ring (bicyclic) bond motifs is 1. The van der Waals surface area contributed by atoms with Gasteiger partial charge in [0.2, 0.25) is 0 Å². The Morgan fingerprint density at radius 2 is 1.64 bits per heavy atom. The topological polar surface area (TPSA) is 89.2 Å². The third kappa shape index (κ3) is 4.33. The molecular weight excluding hydrogens is 434 g/mol. The molecule has 33 heavy (non-hydrogen) atoms. The van der Waals surface area contributed by atoms with E-state index in [-0.39, 0.29) is 4.90 Å². The fourth-order valence-corrected chi connectivity index (χ4v) is 4.24. The zero-order chi connectivity index (χ0) is 22.8. The summed E-state index contributed by atoms with van der Waals surface area (Å²) < 4.78 is 25.8. The lowest BCUT2D eigenvalue weighted by Crippen LogP contribution is -2.08. The molecule has 2 aromatic carbocycles. The summed E-state index contributed by atoms with van der Waals surface area (Å²) in [6, 6.07) is 23.7. The SMILES string of the molecule is CS(=O)(=O)c1cncc(-c2nc(NCc3ccccc3)c3c(-c4ccccc4)ccn3n2)c1. The summed E-state index contributed by atoms with van der Waals surface area (Å²) in [6.07, 6.45) is 5.93. The second-order valence-corrected chi connectivity index (χ2v) is 9.71. The molecule has 0 spiro atoms. The Hall–Kier alpha value is -4.04. The highest BCUT2D eigenvalue weighted by Gasteiger charge is 2.17. The quantitative estimate of drug-likeness (QED) is 0.406. The van der Waals surface area contributed by atoms with Gasteiger partial charge in [0.05, 0.1) is 4.90 Å². The summed E-state index contributed by atoms with van der Waals surface area (Å²) in [4.78, 5) is 9.01. The molecule has 1 N–H and O–H groups in total. The first-order valence-corrected chi connectivity index (χ1v) is 12.3. The predicted molar refractivity (Wildman–Crippen MR) is 129 cm³/mol. The number of nitrogens with zero attached hydrogens (tertiary/aromatic N) is 4. The van der Waals surface area contributed by atoms with Crippen molar-refractivity contribution in [3.63, 3.8) is 0 Å². The standard InChI is InChI=1S/C25H21N5O2S/c1-33(31,32)21-14-20(16-26-17-21)24-28-25(27-15-18-8-4-2-5-9-18)23-22(12-13-30(23)29-24)19-10-6-3-7-11-19/h2-14,16-17H,15H2,1H3,(H,27,28,29). The van der Waals surface area contributed by atoms with E-state index in [0.717, 1.165) is 28.5 Å². The van der Waals surface area contributed by atoms with E-state index in [1.807, 2.05) is 72.9 Å². The van der Waals surface area contributed by atoms with Gasteiger partial charge in [0, 0.05) is 42.5 Å². The highest BCUT2D eigenvalue weighted by Crippen LogP contribution is 2.31. The molecular formula is C25H21N5O2S. The van der Waals surface area contributed by atoms with Crippen LogP contribution in [0.25, 0.3) is 28.0 Å². The summed E-state index contributed by atoms with van der Waals surface area (Å²) in [5, 5.41) is 8.11. The van der Waals surface area contributed by atoms with Crippen LogP contribution in [0.4, 0.5) is 5.82 Å². The van der Waals surface area contributed by atoms with Crippen molar-refractivity contribution in [3.05, 3.63) is 97.0 Å². The Morgan fingerprint density at radius 3 is 2.36 bits per heavy atom. The second kappa shape index (κ2) is 8.48. The maximum absolute atomic E-state index is 12.0. The lowest BCUT2D eigenvalue weighted by Gasteiger charge is -2.12. The first-order valence-electron chi connectivity index (χ1n) is 10.4. The van der Waals surface area contributed by atoms with Gasteiger partial charge in [-0.1, -0.05) is 60.7 Å². The molecule has 0 bridgehead atoms. The third-order valence-corrected chi connectivity index (χ3v) is 6.38. The van der Waals surface area contributed by atoms with Crippen LogP contribution in [0.5, 0.6) is 0 Å². The molecule has 5 rings (SSSR count). The molecule has 0 aliphatic rings. The molecule has 0 aliphatic heterocycles. The van der Waals surface area contributed by atoms with Crippen LogP contribution in [0.3, 0.4) is 0 Å². The minimum atomic E-state index is -3.40. The van der Waals surface area contributed by atoms with Crippen molar-refractivity contribution in [2.75, 3.05) is 11.6 Å². The van der Waals surface area contributed by atoms with Gasteiger partial charge in [0.25, 0.3) is 0 Å². The first-order chi connectivity index (χ1) is 16.0. The van der Waals surface area contributed by atoms with Crippen LogP contribution in [-0.2, 0) is 16.4 Å². The number of benzene rings is 2. The normalized spacial score (nSPS) is 11.5. The number of aromatic nitrogens is 4. The molecule has 0 fully saturated rings. The van der Waals surface area contributed by atoms with E-state index < -0.39 is 9.84 Å². The lowest BCUT2D eigenvalue weighted by molar-refractivity contribution is 0.601. The van der Waals surface area contributed by atoms with Crippen molar-refractivity contribution in [2.45, 2.75) is 11.4 Å². The highest BCUT2D eigenvalue weighted by molar-refractivity contribution is 7.90. The van der Waals surface area contributed by atoms with Gasteiger partial charge in [-0.2, -0.15) is 0 Å². The molecule has 7 nitrogen and oxygen atoms in total. The molecule has 0 saturated carbocycles. The first kappa shape index (κ1) is 20.8. The van der Waals surface area contributed by atoms with Crippen LogP contribution in [0, 0.1) is 0 Å².